The molecule has 1 aromatic heterocycles. The summed E-state index contributed by atoms with van der Waals surface area (Å²) in [6.07, 6.45) is 2.50. The molecule has 1 aliphatic rings. The van der Waals surface area contributed by atoms with Crippen LogP contribution in [0.5, 0.6) is 5.75 Å². The van der Waals surface area contributed by atoms with E-state index in [0.717, 1.165) is 34.8 Å². The highest BCUT2D eigenvalue weighted by molar-refractivity contribution is 6.03. The van der Waals surface area contributed by atoms with Crippen LogP contribution in [0, 0.1) is 17.0 Å². The summed E-state index contributed by atoms with van der Waals surface area (Å²) in [4.78, 5) is 10.6. The third-order valence-corrected chi connectivity index (χ3v) is 5.21. The number of aromatic hydroxyl groups is 1. The van der Waals surface area contributed by atoms with Gasteiger partial charge in [-0.3, -0.25) is 19.8 Å². The molecule has 8 heteroatoms. The number of non-ortho nitro benzene ring substituents is 1. The van der Waals surface area contributed by atoms with E-state index in [1.165, 1.54) is 12.1 Å². The van der Waals surface area contributed by atoms with E-state index in [1.54, 1.807) is 30.3 Å². The Bertz CT molecular complexity index is 1090. The molecule has 0 unspecified atom stereocenters. The number of hydrogen-bond acceptors (Lipinski definition) is 6. The van der Waals surface area contributed by atoms with Gasteiger partial charge >= 0.3 is 0 Å². The van der Waals surface area contributed by atoms with E-state index in [-0.39, 0.29) is 17.5 Å². The molecule has 0 bridgehead atoms. The first kappa shape index (κ1) is 18.7. The quantitative estimate of drug-likeness (QED) is 0.520. The van der Waals surface area contributed by atoms with Crippen LogP contribution in [0.2, 0.25) is 0 Å². The van der Waals surface area contributed by atoms with Crippen LogP contribution in [0.25, 0.3) is 0 Å². The van der Waals surface area contributed by atoms with Crippen molar-refractivity contribution in [3.63, 3.8) is 0 Å². The van der Waals surface area contributed by atoms with Gasteiger partial charge in [0.15, 0.2) is 0 Å². The van der Waals surface area contributed by atoms with Crippen molar-refractivity contribution < 1.29 is 10.0 Å². The van der Waals surface area contributed by atoms with Crippen LogP contribution >= 0.6 is 0 Å². The lowest BCUT2D eigenvalue weighted by molar-refractivity contribution is -0.384. The van der Waals surface area contributed by atoms with Crippen LogP contribution in [0.1, 0.15) is 36.2 Å². The molecule has 1 N–H and O–H groups in total. The molecule has 2 aromatic carbocycles. The zero-order valence-electron chi connectivity index (χ0n) is 16.2. The second-order valence-corrected chi connectivity index (χ2v) is 6.94. The van der Waals surface area contributed by atoms with Gasteiger partial charge in [0.1, 0.15) is 5.75 Å². The summed E-state index contributed by atoms with van der Waals surface area (Å²) in [5, 5.41) is 32.0. The second-order valence-electron chi connectivity index (χ2n) is 6.94. The fourth-order valence-electron chi connectivity index (χ4n) is 3.68. The molecule has 0 spiro atoms. The zero-order valence-corrected chi connectivity index (χ0v) is 16.2. The van der Waals surface area contributed by atoms with E-state index in [4.69, 9.17) is 5.10 Å². The number of aryl methyl sites for hydroxylation is 1. The molecule has 4 rings (SSSR count). The van der Waals surface area contributed by atoms with Crippen molar-refractivity contribution >= 4 is 17.1 Å². The third-order valence-electron chi connectivity index (χ3n) is 5.21. The summed E-state index contributed by atoms with van der Waals surface area (Å²) in [5.74, 6) is 0.186. The van der Waals surface area contributed by atoms with Crippen molar-refractivity contribution in [1.29, 1.82) is 0 Å². The maximum atomic E-state index is 11.0. The number of nitro groups is 1. The highest BCUT2D eigenvalue weighted by Gasteiger charge is 2.32. The van der Waals surface area contributed by atoms with E-state index < -0.39 is 4.92 Å². The van der Waals surface area contributed by atoms with Gasteiger partial charge in [-0.2, -0.15) is 10.2 Å². The molecule has 1 aliphatic heterocycles. The number of nitro benzene ring substituents is 1. The van der Waals surface area contributed by atoms with Gasteiger partial charge < -0.3 is 5.11 Å². The number of aromatic nitrogens is 2. The Kier molecular flexibility index (Phi) is 4.75. The monoisotopic (exact) mass is 391 g/mol. The largest absolute Gasteiger partial charge is 0.508 e. The van der Waals surface area contributed by atoms with Crippen molar-refractivity contribution in [3.8, 4) is 5.75 Å². The van der Waals surface area contributed by atoms with Crippen molar-refractivity contribution in [3.05, 3.63) is 81.7 Å². The lowest BCUT2D eigenvalue weighted by Gasteiger charge is -2.23. The predicted molar refractivity (Wildman–Crippen MR) is 110 cm³/mol. The molecule has 0 fully saturated rings. The van der Waals surface area contributed by atoms with Crippen LogP contribution < -0.4 is 5.01 Å². The summed E-state index contributed by atoms with van der Waals surface area (Å²) < 4.78 is 1.94. The highest BCUT2D eigenvalue weighted by atomic mass is 16.6. The van der Waals surface area contributed by atoms with Gasteiger partial charge in [0.05, 0.1) is 28.6 Å². The van der Waals surface area contributed by atoms with Gasteiger partial charge in [-0.15, -0.1) is 0 Å². The summed E-state index contributed by atoms with van der Waals surface area (Å²) in [6.45, 7) is 4.85. The van der Waals surface area contributed by atoms with Gasteiger partial charge in [0, 0.05) is 41.9 Å². The van der Waals surface area contributed by atoms with Crippen LogP contribution in [0.4, 0.5) is 11.4 Å². The van der Waals surface area contributed by atoms with Crippen LogP contribution in [0.3, 0.4) is 0 Å². The molecule has 0 amide bonds. The minimum atomic E-state index is -0.415. The molecule has 0 saturated carbocycles. The van der Waals surface area contributed by atoms with E-state index in [9.17, 15) is 15.2 Å². The first-order chi connectivity index (χ1) is 14.0. The summed E-state index contributed by atoms with van der Waals surface area (Å²) in [6, 6.07) is 13.3. The molecular formula is C21H21N5O3. The number of nitrogens with zero attached hydrogens (tertiary/aromatic N) is 5. The first-order valence-corrected chi connectivity index (χ1v) is 9.40. The number of phenolic OH excluding ortho intramolecular Hbond substituents is 1. The molecule has 3 aromatic rings. The number of anilines is 1. The Morgan fingerprint density at radius 3 is 2.62 bits per heavy atom. The normalized spacial score (nSPS) is 16.1. The smallest absolute Gasteiger partial charge is 0.269 e. The van der Waals surface area contributed by atoms with Crippen LogP contribution in [0.15, 0.2) is 59.8 Å². The van der Waals surface area contributed by atoms with Crippen LogP contribution in [-0.4, -0.2) is 25.5 Å². The number of benzene rings is 2. The van der Waals surface area contributed by atoms with E-state index in [1.807, 2.05) is 35.8 Å². The minimum absolute atomic E-state index is 0.0386. The molecule has 0 saturated heterocycles. The molecule has 148 valence electrons. The Morgan fingerprint density at radius 1 is 1.24 bits per heavy atom. The number of rotatable bonds is 5. The Balaban J connectivity index is 1.77. The Morgan fingerprint density at radius 2 is 2.00 bits per heavy atom. The van der Waals surface area contributed by atoms with Crippen molar-refractivity contribution in [2.24, 2.45) is 5.10 Å². The standard InChI is InChI=1S/C21H21N5O3/c1-3-24-14(2)19(13-22-24)21-12-20(15-5-4-6-18(27)11-15)23-25(21)16-7-9-17(10-8-16)26(28)29/h4-11,13,21,27H,3,12H2,1-2H3/t21-/m1/s1. The maximum Gasteiger partial charge on any atom is 0.269 e. The fraction of sp³-hybridized carbons (Fsp3) is 0.238. The summed E-state index contributed by atoms with van der Waals surface area (Å²) in [7, 11) is 0. The number of hydrazone groups is 1. The lowest BCUT2D eigenvalue weighted by Crippen LogP contribution is -2.19. The van der Waals surface area contributed by atoms with E-state index in [2.05, 4.69) is 5.10 Å². The molecular weight excluding hydrogens is 370 g/mol. The Labute approximate surface area is 167 Å². The fourth-order valence-corrected chi connectivity index (χ4v) is 3.68. The van der Waals surface area contributed by atoms with E-state index >= 15 is 0 Å². The third kappa shape index (κ3) is 3.44. The minimum Gasteiger partial charge on any atom is -0.508 e. The van der Waals surface area contributed by atoms with Gasteiger partial charge in [-0.1, -0.05) is 12.1 Å². The summed E-state index contributed by atoms with van der Waals surface area (Å²) in [5.41, 5.74) is 4.62. The molecule has 0 radical (unpaired) electrons. The first-order valence-electron chi connectivity index (χ1n) is 9.40. The van der Waals surface area contributed by atoms with Gasteiger partial charge in [0.25, 0.3) is 5.69 Å². The molecule has 8 nitrogen and oxygen atoms in total. The maximum absolute atomic E-state index is 11.0. The molecule has 1 atom stereocenters. The van der Waals surface area contributed by atoms with Crippen molar-refractivity contribution in [1.82, 2.24) is 9.78 Å². The lowest BCUT2D eigenvalue weighted by atomic mass is 9.98. The molecule has 2 heterocycles. The van der Waals surface area contributed by atoms with Crippen LogP contribution in [-0.2, 0) is 6.54 Å². The Hall–Kier alpha value is -3.68. The SMILES string of the molecule is CCn1ncc([C@H]2CC(c3cccc(O)c3)=NN2c2ccc([N+](=O)[O-])cc2)c1C. The molecule has 29 heavy (non-hydrogen) atoms. The summed E-state index contributed by atoms with van der Waals surface area (Å²) >= 11 is 0. The van der Waals surface area contributed by atoms with Crippen molar-refractivity contribution in [2.45, 2.75) is 32.9 Å². The van der Waals surface area contributed by atoms with Gasteiger partial charge in [-0.25, -0.2) is 0 Å². The number of hydrogen-bond donors (Lipinski definition) is 1. The topological polar surface area (TPSA) is 96.8 Å². The average molecular weight is 391 g/mol. The van der Waals surface area contributed by atoms with Crippen molar-refractivity contribution in [2.75, 3.05) is 5.01 Å². The highest BCUT2D eigenvalue weighted by Crippen LogP contribution is 2.38. The van der Waals surface area contributed by atoms with Gasteiger partial charge in [-0.05, 0) is 38.1 Å². The average Bonchev–Trinajstić information content (AvgIpc) is 3.31. The predicted octanol–water partition coefficient (Wildman–Crippen LogP) is 4.18. The number of phenols is 1. The zero-order chi connectivity index (χ0) is 20.5. The second kappa shape index (κ2) is 7.38. The molecule has 0 aliphatic carbocycles. The van der Waals surface area contributed by atoms with E-state index in [0.29, 0.717) is 6.42 Å². The van der Waals surface area contributed by atoms with Gasteiger partial charge in [0.2, 0.25) is 0 Å².